The number of aromatic nitrogens is 5. The molecule has 4 rings (SSSR count). The first-order chi connectivity index (χ1) is 15.6. The highest BCUT2D eigenvalue weighted by Crippen LogP contribution is 2.24. The van der Waals surface area contributed by atoms with Gasteiger partial charge in [0.2, 0.25) is 11.1 Å². The van der Waals surface area contributed by atoms with E-state index in [1.54, 1.807) is 11.8 Å². The molecule has 0 aliphatic carbocycles. The van der Waals surface area contributed by atoms with Crippen molar-refractivity contribution in [2.24, 2.45) is 0 Å². The first-order valence-corrected chi connectivity index (χ1v) is 11.4. The van der Waals surface area contributed by atoms with Gasteiger partial charge >= 0.3 is 0 Å². The van der Waals surface area contributed by atoms with Gasteiger partial charge in [-0.2, -0.15) is 4.68 Å². The molecule has 0 fully saturated rings. The minimum Gasteiger partial charge on any atom is -0.497 e. The van der Waals surface area contributed by atoms with Gasteiger partial charge in [0.05, 0.1) is 18.0 Å². The van der Waals surface area contributed by atoms with Gasteiger partial charge in [0, 0.05) is 29.7 Å². The van der Waals surface area contributed by atoms with Gasteiger partial charge < -0.3 is 15.0 Å². The molecule has 0 aliphatic rings. The van der Waals surface area contributed by atoms with E-state index in [1.165, 1.54) is 17.3 Å². The number of aromatic amines is 1. The molecular formula is C23H26N6O2S. The molecule has 1 unspecified atom stereocenters. The molecule has 9 heteroatoms. The molecule has 166 valence electrons. The Kier molecular flexibility index (Phi) is 6.75. The maximum absolute atomic E-state index is 12.6. The summed E-state index contributed by atoms with van der Waals surface area (Å²) in [6.45, 7) is 4.52. The summed E-state index contributed by atoms with van der Waals surface area (Å²) < 4.78 is 6.93. The first kappa shape index (κ1) is 21.9. The standard InChI is InChI=1S/C23H26N6O2S/c1-4-16-5-7-18(8-6-16)29-23(26-27-28-29)32-15(2)22(30)24-12-11-17-14-25-21-13-19(31-3)9-10-20(17)21/h5-10,13-15,25H,4,11-12H2,1-3H3,(H,24,30). The Morgan fingerprint density at radius 3 is 2.81 bits per heavy atom. The Labute approximate surface area is 190 Å². The van der Waals surface area contributed by atoms with Crippen LogP contribution in [0.3, 0.4) is 0 Å². The molecule has 2 N–H and O–H groups in total. The minimum atomic E-state index is -0.332. The van der Waals surface area contributed by atoms with Gasteiger partial charge in [-0.25, -0.2) is 0 Å². The second-order valence-corrected chi connectivity index (χ2v) is 8.73. The number of hydrogen-bond donors (Lipinski definition) is 2. The smallest absolute Gasteiger partial charge is 0.233 e. The van der Waals surface area contributed by atoms with E-state index in [1.807, 2.05) is 43.5 Å². The summed E-state index contributed by atoms with van der Waals surface area (Å²) in [6, 6.07) is 14.0. The van der Waals surface area contributed by atoms with E-state index in [-0.39, 0.29) is 11.2 Å². The van der Waals surface area contributed by atoms with Crippen molar-refractivity contribution in [3.05, 3.63) is 59.8 Å². The van der Waals surface area contributed by atoms with Crippen LogP contribution in [0.1, 0.15) is 25.0 Å². The fraction of sp³-hybridized carbons (Fsp3) is 0.304. The van der Waals surface area contributed by atoms with Crippen molar-refractivity contribution >= 4 is 28.6 Å². The molecule has 2 aromatic carbocycles. The highest BCUT2D eigenvalue weighted by atomic mass is 32.2. The van der Waals surface area contributed by atoms with Crippen LogP contribution in [-0.2, 0) is 17.6 Å². The number of aryl methyl sites for hydroxylation is 1. The number of H-pyrrole nitrogens is 1. The summed E-state index contributed by atoms with van der Waals surface area (Å²) in [5.41, 5.74) is 4.30. The van der Waals surface area contributed by atoms with Crippen molar-refractivity contribution in [2.45, 2.75) is 37.1 Å². The van der Waals surface area contributed by atoms with Crippen LogP contribution in [0.4, 0.5) is 0 Å². The number of tetrazole rings is 1. The number of hydrogen-bond acceptors (Lipinski definition) is 6. The van der Waals surface area contributed by atoms with Crippen molar-refractivity contribution in [1.29, 1.82) is 0 Å². The lowest BCUT2D eigenvalue weighted by atomic mass is 10.1. The zero-order valence-electron chi connectivity index (χ0n) is 18.3. The van der Waals surface area contributed by atoms with E-state index >= 15 is 0 Å². The molecule has 4 aromatic rings. The van der Waals surface area contributed by atoms with Crippen LogP contribution in [0.15, 0.2) is 53.8 Å². The first-order valence-electron chi connectivity index (χ1n) is 10.5. The molecule has 1 amide bonds. The number of fused-ring (bicyclic) bond motifs is 1. The van der Waals surface area contributed by atoms with Gasteiger partial charge in [0.1, 0.15) is 5.75 Å². The molecule has 32 heavy (non-hydrogen) atoms. The number of ether oxygens (including phenoxy) is 1. The van der Waals surface area contributed by atoms with Gasteiger partial charge in [0.25, 0.3) is 0 Å². The normalized spacial score (nSPS) is 12.1. The zero-order valence-corrected chi connectivity index (χ0v) is 19.1. The van der Waals surface area contributed by atoms with Gasteiger partial charge in [-0.3, -0.25) is 4.79 Å². The number of rotatable bonds is 9. The molecule has 2 aromatic heterocycles. The minimum absolute atomic E-state index is 0.0487. The van der Waals surface area contributed by atoms with Crippen molar-refractivity contribution in [1.82, 2.24) is 30.5 Å². The van der Waals surface area contributed by atoms with Crippen molar-refractivity contribution in [3.63, 3.8) is 0 Å². The summed E-state index contributed by atoms with van der Waals surface area (Å²) in [4.78, 5) is 15.9. The average Bonchev–Trinajstić information content (AvgIpc) is 3.45. The SMILES string of the molecule is CCc1ccc(-n2nnnc2SC(C)C(=O)NCCc2c[nH]c3cc(OC)ccc23)cc1. The van der Waals surface area contributed by atoms with E-state index in [4.69, 9.17) is 4.74 Å². The molecule has 0 saturated carbocycles. The molecule has 0 spiro atoms. The van der Waals surface area contributed by atoms with E-state index in [0.717, 1.165) is 40.7 Å². The Morgan fingerprint density at radius 2 is 2.06 bits per heavy atom. The third kappa shape index (κ3) is 4.77. The van der Waals surface area contributed by atoms with Crippen molar-refractivity contribution in [3.8, 4) is 11.4 Å². The summed E-state index contributed by atoms with van der Waals surface area (Å²) in [5, 5.41) is 16.4. The molecule has 1 atom stereocenters. The third-order valence-electron chi connectivity index (χ3n) is 5.35. The van der Waals surface area contributed by atoms with Crippen molar-refractivity contribution < 1.29 is 9.53 Å². The Bertz CT molecular complexity index is 1200. The Balaban J connectivity index is 1.33. The number of carbonyl (C=O) groups is 1. The number of thioether (sulfide) groups is 1. The van der Waals surface area contributed by atoms with Crippen LogP contribution >= 0.6 is 11.8 Å². The summed E-state index contributed by atoms with van der Waals surface area (Å²) in [6.07, 6.45) is 3.69. The quantitative estimate of drug-likeness (QED) is 0.379. The van der Waals surface area contributed by atoms with Crippen LogP contribution in [0.25, 0.3) is 16.6 Å². The monoisotopic (exact) mass is 450 g/mol. The maximum Gasteiger partial charge on any atom is 0.233 e. The lowest BCUT2D eigenvalue weighted by molar-refractivity contribution is -0.120. The maximum atomic E-state index is 12.6. The van der Waals surface area contributed by atoms with Gasteiger partial charge in [-0.05, 0) is 65.6 Å². The van der Waals surface area contributed by atoms with Crippen LogP contribution in [-0.4, -0.2) is 50.0 Å². The highest BCUT2D eigenvalue weighted by Gasteiger charge is 2.19. The summed E-state index contributed by atoms with van der Waals surface area (Å²) in [7, 11) is 1.65. The number of nitrogens with one attached hydrogen (secondary N) is 2. The molecule has 8 nitrogen and oxygen atoms in total. The Hall–Kier alpha value is -3.33. The molecule has 0 radical (unpaired) electrons. The number of methoxy groups -OCH3 is 1. The second kappa shape index (κ2) is 9.86. The molecule has 2 heterocycles. The lowest BCUT2D eigenvalue weighted by Gasteiger charge is -2.12. The molecule has 0 bridgehead atoms. The predicted octanol–water partition coefficient (Wildman–Crippen LogP) is 3.55. The van der Waals surface area contributed by atoms with Crippen LogP contribution in [0.2, 0.25) is 0 Å². The molecule has 0 aliphatic heterocycles. The third-order valence-corrected chi connectivity index (χ3v) is 6.38. The van der Waals surface area contributed by atoms with Crippen LogP contribution in [0, 0.1) is 0 Å². The number of amides is 1. The zero-order chi connectivity index (χ0) is 22.5. The van der Waals surface area contributed by atoms with E-state index in [0.29, 0.717) is 11.7 Å². The van der Waals surface area contributed by atoms with Gasteiger partial charge in [-0.15, -0.1) is 5.10 Å². The van der Waals surface area contributed by atoms with Gasteiger partial charge in [-0.1, -0.05) is 30.8 Å². The second-order valence-electron chi connectivity index (χ2n) is 7.42. The van der Waals surface area contributed by atoms with E-state index in [9.17, 15) is 4.79 Å². The number of benzene rings is 2. The highest BCUT2D eigenvalue weighted by molar-refractivity contribution is 8.00. The number of nitrogens with zero attached hydrogens (tertiary/aromatic N) is 4. The summed E-state index contributed by atoms with van der Waals surface area (Å²) >= 11 is 1.34. The number of carbonyl (C=O) groups excluding carboxylic acids is 1. The van der Waals surface area contributed by atoms with Crippen LogP contribution in [0.5, 0.6) is 5.75 Å². The average molecular weight is 451 g/mol. The molecular weight excluding hydrogens is 424 g/mol. The topological polar surface area (TPSA) is 97.7 Å². The largest absolute Gasteiger partial charge is 0.497 e. The lowest BCUT2D eigenvalue weighted by Crippen LogP contribution is -2.32. The van der Waals surface area contributed by atoms with Crippen LogP contribution < -0.4 is 10.1 Å². The van der Waals surface area contributed by atoms with Crippen molar-refractivity contribution in [2.75, 3.05) is 13.7 Å². The predicted molar refractivity (Wildman–Crippen MR) is 125 cm³/mol. The van der Waals surface area contributed by atoms with E-state index < -0.39 is 0 Å². The fourth-order valence-electron chi connectivity index (χ4n) is 3.46. The summed E-state index contributed by atoms with van der Waals surface area (Å²) in [5.74, 6) is 0.765. The van der Waals surface area contributed by atoms with Gasteiger partial charge in [0.15, 0.2) is 0 Å². The fourth-order valence-corrected chi connectivity index (χ4v) is 4.29. The Morgan fingerprint density at radius 1 is 1.25 bits per heavy atom. The van der Waals surface area contributed by atoms with E-state index in [2.05, 4.69) is 44.9 Å². The molecule has 0 saturated heterocycles.